The lowest BCUT2D eigenvalue weighted by molar-refractivity contribution is 0.0952. The summed E-state index contributed by atoms with van der Waals surface area (Å²) in [6.07, 6.45) is 1.82. The summed E-state index contributed by atoms with van der Waals surface area (Å²) in [5.41, 5.74) is 2.46. The third kappa shape index (κ3) is 3.81. The molecule has 1 heterocycles. The molecule has 1 amide bonds. The number of hydrogen-bond acceptors (Lipinski definition) is 3. The Morgan fingerprint density at radius 2 is 1.68 bits per heavy atom. The van der Waals surface area contributed by atoms with Crippen molar-refractivity contribution in [3.8, 4) is 0 Å². The van der Waals surface area contributed by atoms with E-state index in [2.05, 4.69) is 5.32 Å². The van der Waals surface area contributed by atoms with E-state index in [0.717, 1.165) is 16.5 Å². The molecular weight excluding hydrogens is 374 g/mol. The molecule has 6 nitrogen and oxygen atoms in total. The molecule has 0 aliphatic rings. The highest BCUT2D eigenvalue weighted by Crippen LogP contribution is 2.20. The normalized spacial score (nSPS) is 11.9. The molecule has 3 aromatic rings. The van der Waals surface area contributed by atoms with E-state index in [4.69, 9.17) is 0 Å². The van der Waals surface area contributed by atoms with Gasteiger partial charge in [-0.15, -0.1) is 0 Å². The first kappa shape index (κ1) is 20.1. The zero-order valence-corrected chi connectivity index (χ0v) is 17.2. The van der Waals surface area contributed by atoms with E-state index in [1.54, 1.807) is 24.3 Å². The van der Waals surface area contributed by atoms with Gasteiger partial charge in [0.05, 0.1) is 10.5 Å². The van der Waals surface area contributed by atoms with Crippen LogP contribution in [0.15, 0.2) is 59.6 Å². The van der Waals surface area contributed by atoms with Gasteiger partial charge in [-0.25, -0.2) is 8.42 Å². The molecule has 0 spiro atoms. The molecule has 1 N–H and O–H groups in total. The van der Waals surface area contributed by atoms with Crippen LogP contribution in [-0.2, 0) is 23.6 Å². The highest BCUT2D eigenvalue weighted by Gasteiger charge is 2.21. The van der Waals surface area contributed by atoms with Crippen LogP contribution in [0, 0.1) is 0 Å². The number of benzene rings is 2. The third-order valence-corrected chi connectivity index (χ3v) is 6.93. The van der Waals surface area contributed by atoms with Crippen molar-refractivity contribution < 1.29 is 13.2 Å². The van der Waals surface area contributed by atoms with Crippen molar-refractivity contribution in [2.45, 2.75) is 25.3 Å². The van der Waals surface area contributed by atoms with Gasteiger partial charge < -0.3 is 9.88 Å². The summed E-state index contributed by atoms with van der Waals surface area (Å²) in [6.45, 7) is 4.83. The van der Waals surface area contributed by atoms with Gasteiger partial charge in [0.25, 0.3) is 5.91 Å². The van der Waals surface area contributed by atoms with Crippen LogP contribution < -0.4 is 5.32 Å². The number of carbonyl (C=O) groups excluding carboxylic acids is 1. The smallest absolute Gasteiger partial charge is 0.253 e. The second-order valence-corrected chi connectivity index (χ2v) is 8.52. The number of para-hydroxylation sites is 1. The first-order chi connectivity index (χ1) is 13.4. The Kier molecular flexibility index (Phi) is 5.86. The van der Waals surface area contributed by atoms with E-state index >= 15 is 0 Å². The van der Waals surface area contributed by atoms with Crippen molar-refractivity contribution in [1.29, 1.82) is 0 Å². The summed E-state index contributed by atoms with van der Waals surface area (Å²) in [6, 6.07) is 14.4. The highest BCUT2D eigenvalue weighted by molar-refractivity contribution is 7.89. The van der Waals surface area contributed by atoms with Crippen molar-refractivity contribution in [3.05, 3.63) is 65.9 Å². The molecule has 3 rings (SSSR count). The average Bonchev–Trinajstić information content (AvgIpc) is 3.04. The molecule has 0 radical (unpaired) electrons. The third-order valence-electron chi connectivity index (χ3n) is 4.86. The lowest BCUT2D eigenvalue weighted by atomic mass is 10.1. The number of aromatic nitrogens is 1. The zero-order chi connectivity index (χ0) is 20.3. The monoisotopic (exact) mass is 399 g/mol. The van der Waals surface area contributed by atoms with Gasteiger partial charge in [0, 0.05) is 43.8 Å². The van der Waals surface area contributed by atoms with Gasteiger partial charge in [-0.3, -0.25) is 4.79 Å². The first-order valence-electron chi connectivity index (χ1n) is 9.29. The van der Waals surface area contributed by atoms with Gasteiger partial charge in [0.1, 0.15) is 0 Å². The number of hydrogen-bond donors (Lipinski definition) is 1. The van der Waals surface area contributed by atoms with Crippen LogP contribution >= 0.6 is 0 Å². The number of fused-ring (bicyclic) bond motifs is 1. The summed E-state index contributed by atoms with van der Waals surface area (Å²) < 4.78 is 28.4. The Balaban J connectivity index is 1.72. The molecule has 7 heteroatoms. The van der Waals surface area contributed by atoms with Crippen molar-refractivity contribution in [2.75, 3.05) is 13.1 Å². The molecule has 0 aliphatic heterocycles. The second kappa shape index (κ2) is 8.16. The van der Waals surface area contributed by atoms with E-state index < -0.39 is 10.0 Å². The molecule has 28 heavy (non-hydrogen) atoms. The molecular formula is C21H25N3O3S. The number of rotatable bonds is 7. The van der Waals surface area contributed by atoms with Crippen LogP contribution in [0.5, 0.6) is 0 Å². The van der Waals surface area contributed by atoms with Crippen molar-refractivity contribution in [1.82, 2.24) is 14.2 Å². The summed E-state index contributed by atoms with van der Waals surface area (Å²) in [4.78, 5) is 12.9. The molecule has 0 saturated carbocycles. The van der Waals surface area contributed by atoms with E-state index in [1.807, 2.05) is 55.9 Å². The van der Waals surface area contributed by atoms with Crippen molar-refractivity contribution in [3.63, 3.8) is 0 Å². The molecule has 1 aromatic heterocycles. The maximum absolute atomic E-state index is 12.6. The van der Waals surface area contributed by atoms with Crippen LogP contribution in [0.2, 0.25) is 0 Å². The fraction of sp³-hybridized carbons (Fsp3) is 0.286. The van der Waals surface area contributed by atoms with E-state index in [9.17, 15) is 13.2 Å². The van der Waals surface area contributed by atoms with Crippen molar-refractivity contribution >= 4 is 26.8 Å². The Bertz CT molecular complexity index is 1080. The lowest BCUT2D eigenvalue weighted by Crippen LogP contribution is -2.30. The van der Waals surface area contributed by atoms with Gasteiger partial charge in [-0.2, -0.15) is 4.31 Å². The molecule has 0 atom stereocenters. The molecule has 0 bridgehead atoms. The number of carbonyl (C=O) groups is 1. The van der Waals surface area contributed by atoms with Crippen molar-refractivity contribution in [2.24, 2.45) is 7.05 Å². The van der Waals surface area contributed by atoms with Crippen LogP contribution in [0.4, 0.5) is 0 Å². The van der Waals surface area contributed by atoms with Crippen LogP contribution in [0.3, 0.4) is 0 Å². The van der Waals surface area contributed by atoms with Gasteiger partial charge in [-0.1, -0.05) is 44.2 Å². The van der Waals surface area contributed by atoms with Gasteiger partial charge in [0.15, 0.2) is 0 Å². The maximum atomic E-state index is 12.6. The predicted molar refractivity (Wildman–Crippen MR) is 111 cm³/mol. The minimum absolute atomic E-state index is 0.156. The Labute approximate surface area is 165 Å². The molecule has 0 unspecified atom stereocenters. The van der Waals surface area contributed by atoms with Gasteiger partial charge in [0.2, 0.25) is 10.0 Å². The minimum Gasteiger partial charge on any atom is -0.350 e. The Morgan fingerprint density at radius 3 is 2.32 bits per heavy atom. The largest absolute Gasteiger partial charge is 0.350 e. The lowest BCUT2D eigenvalue weighted by Gasteiger charge is -2.18. The Hall–Kier alpha value is -2.64. The first-order valence-corrected chi connectivity index (χ1v) is 10.7. The van der Waals surface area contributed by atoms with Gasteiger partial charge >= 0.3 is 0 Å². The topological polar surface area (TPSA) is 71.4 Å². The standard InChI is InChI=1S/C21H25N3O3S/c1-4-24(5-2)28(26,27)17-12-10-16(11-13-17)14-22-21(25)19-15-23(3)20-9-7-6-8-18(19)20/h6-13,15H,4-5,14H2,1-3H3,(H,22,25). The predicted octanol–water partition coefficient (Wildman–Crippen LogP) is 3.14. The fourth-order valence-electron chi connectivity index (χ4n) is 3.29. The zero-order valence-electron chi connectivity index (χ0n) is 16.3. The Morgan fingerprint density at radius 1 is 1.04 bits per heavy atom. The summed E-state index contributed by atoms with van der Waals surface area (Å²) >= 11 is 0. The van der Waals surface area contributed by atoms with E-state index in [1.165, 1.54) is 4.31 Å². The van der Waals surface area contributed by atoms with Gasteiger partial charge in [-0.05, 0) is 23.8 Å². The molecule has 0 aliphatic carbocycles. The average molecular weight is 400 g/mol. The van der Waals surface area contributed by atoms with Crippen LogP contribution in [0.1, 0.15) is 29.8 Å². The van der Waals surface area contributed by atoms with Crippen LogP contribution in [-0.4, -0.2) is 36.3 Å². The summed E-state index contributed by atoms with van der Waals surface area (Å²) in [5, 5.41) is 3.82. The number of nitrogens with zero attached hydrogens (tertiary/aromatic N) is 2. The minimum atomic E-state index is -3.47. The SMILES string of the molecule is CCN(CC)S(=O)(=O)c1ccc(CNC(=O)c2cn(C)c3ccccc23)cc1. The molecule has 2 aromatic carbocycles. The number of amides is 1. The van der Waals surface area contributed by atoms with E-state index in [0.29, 0.717) is 25.2 Å². The van der Waals surface area contributed by atoms with Crippen LogP contribution in [0.25, 0.3) is 10.9 Å². The molecule has 0 saturated heterocycles. The van der Waals surface area contributed by atoms with E-state index in [-0.39, 0.29) is 10.8 Å². The number of nitrogens with one attached hydrogen (secondary N) is 1. The summed E-state index contributed by atoms with van der Waals surface area (Å²) in [7, 11) is -1.56. The second-order valence-electron chi connectivity index (χ2n) is 6.59. The fourth-order valence-corrected chi connectivity index (χ4v) is 4.75. The highest BCUT2D eigenvalue weighted by atomic mass is 32.2. The molecule has 0 fully saturated rings. The number of sulfonamides is 1. The maximum Gasteiger partial charge on any atom is 0.253 e. The quantitative estimate of drug-likeness (QED) is 0.663. The molecule has 148 valence electrons. The number of aryl methyl sites for hydroxylation is 1. The summed E-state index contributed by atoms with van der Waals surface area (Å²) in [5.74, 6) is -0.156.